The molecule has 170 valence electrons. The molecule has 0 radical (unpaired) electrons. The minimum absolute atomic E-state index is 0.143. The van der Waals surface area contributed by atoms with E-state index in [1.807, 2.05) is 54.6 Å². The molecule has 0 aliphatic heterocycles. The number of hydrogen-bond donors (Lipinski definition) is 1. The molecule has 0 bridgehead atoms. The van der Waals surface area contributed by atoms with Gasteiger partial charge in [0.1, 0.15) is 5.76 Å². The van der Waals surface area contributed by atoms with E-state index >= 15 is 0 Å². The maximum absolute atomic E-state index is 12.6. The van der Waals surface area contributed by atoms with Crippen LogP contribution in [0.4, 0.5) is 0 Å². The number of amides is 1. The van der Waals surface area contributed by atoms with Gasteiger partial charge in [-0.2, -0.15) is 0 Å². The van der Waals surface area contributed by atoms with Gasteiger partial charge in [0.05, 0.1) is 25.6 Å². The van der Waals surface area contributed by atoms with Gasteiger partial charge in [-0.15, -0.1) is 10.2 Å². The predicted octanol–water partition coefficient (Wildman–Crippen LogP) is 5.40. The zero-order valence-electron chi connectivity index (χ0n) is 18.3. The summed E-state index contributed by atoms with van der Waals surface area (Å²) < 4.78 is 12.9. The average molecular weight is 471 g/mol. The first-order chi connectivity index (χ1) is 16.8. The molecule has 1 amide bonds. The molecule has 34 heavy (non-hydrogen) atoms. The zero-order valence-corrected chi connectivity index (χ0v) is 19.1. The Hall–Kier alpha value is -4.04. The van der Waals surface area contributed by atoms with Crippen LogP contribution in [-0.4, -0.2) is 20.7 Å². The lowest BCUT2D eigenvalue weighted by atomic mass is 10.1. The van der Waals surface area contributed by atoms with E-state index in [0.29, 0.717) is 41.8 Å². The fraction of sp³-hybridized carbons (Fsp3) is 0.115. The van der Waals surface area contributed by atoms with Crippen LogP contribution in [0.3, 0.4) is 0 Å². The molecule has 0 atom stereocenters. The molecule has 5 rings (SSSR count). The average Bonchev–Trinajstić information content (AvgIpc) is 3.65. The molecule has 1 N–H and O–H groups in total. The molecule has 8 heteroatoms. The molecule has 0 spiro atoms. The number of rotatable bonds is 9. The third kappa shape index (κ3) is 5.13. The van der Waals surface area contributed by atoms with Crippen molar-refractivity contribution in [2.75, 3.05) is 0 Å². The van der Waals surface area contributed by atoms with E-state index in [1.165, 1.54) is 0 Å². The second kappa shape index (κ2) is 10.3. The summed E-state index contributed by atoms with van der Waals surface area (Å²) in [6, 6.07) is 25.1. The fourth-order valence-electron chi connectivity index (χ4n) is 3.52. The van der Waals surface area contributed by atoms with Crippen molar-refractivity contribution < 1.29 is 13.6 Å². The highest BCUT2D eigenvalue weighted by Crippen LogP contribution is 2.28. The molecular formula is C26H22N4O3S. The van der Waals surface area contributed by atoms with Crippen LogP contribution in [0, 0.1) is 0 Å². The van der Waals surface area contributed by atoms with Crippen LogP contribution in [0.5, 0.6) is 0 Å². The molecule has 0 aliphatic carbocycles. The second-order valence-corrected chi connectivity index (χ2v) is 8.55. The largest absolute Gasteiger partial charge is 0.467 e. The Labute approximate surface area is 200 Å². The van der Waals surface area contributed by atoms with Crippen LogP contribution in [0.25, 0.3) is 11.6 Å². The monoisotopic (exact) mass is 470 g/mol. The summed E-state index contributed by atoms with van der Waals surface area (Å²) in [6.45, 7) is 0.977. The highest BCUT2D eigenvalue weighted by atomic mass is 32.2. The van der Waals surface area contributed by atoms with Gasteiger partial charge < -0.3 is 14.2 Å². The Morgan fingerprint density at radius 3 is 2.50 bits per heavy atom. The van der Waals surface area contributed by atoms with E-state index in [2.05, 4.69) is 32.2 Å². The molecule has 0 saturated carbocycles. The van der Waals surface area contributed by atoms with Gasteiger partial charge in [0.15, 0.2) is 10.9 Å². The minimum atomic E-state index is -0.143. The van der Waals surface area contributed by atoms with Crippen molar-refractivity contribution in [2.45, 2.75) is 24.0 Å². The van der Waals surface area contributed by atoms with E-state index in [1.54, 1.807) is 36.4 Å². The van der Waals surface area contributed by atoms with Crippen LogP contribution >= 0.6 is 11.8 Å². The van der Waals surface area contributed by atoms with Crippen molar-refractivity contribution in [3.63, 3.8) is 0 Å². The molecule has 0 aliphatic rings. The maximum Gasteiger partial charge on any atom is 0.251 e. The molecule has 7 nitrogen and oxygen atoms in total. The second-order valence-electron chi connectivity index (χ2n) is 7.61. The Morgan fingerprint density at radius 1 is 0.882 bits per heavy atom. The quantitative estimate of drug-likeness (QED) is 0.290. The maximum atomic E-state index is 12.6. The van der Waals surface area contributed by atoms with Crippen molar-refractivity contribution in [2.24, 2.45) is 0 Å². The molecule has 3 heterocycles. The van der Waals surface area contributed by atoms with E-state index in [4.69, 9.17) is 8.83 Å². The Balaban J connectivity index is 1.31. The van der Waals surface area contributed by atoms with Gasteiger partial charge in [0.2, 0.25) is 5.82 Å². The van der Waals surface area contributed by atoms with Crippen molar-refractivity contribution in [3.05, 3.63) is 114 Å². The van der Waals surface area contributed by atoms with Gasteiger partial charge in [0.25, 0.3) is 5.91 Å². The summed E-state index contributed by atoms with van der Waals surface area (Å²) >= 11 is 1.57. The number of nitrogens with zero attached hydrogens (tertiary/aromatic N) is 3. The molecule has 2 aromatic carbocycles. The Kier molecular flexibility index (Phi) is 6.58. The van der Waals surface area contributed by atoms with E-state index < -0.39 is 0 Å². The number of thioether (sulfide) groups is 1. The number of aromatic nitrogens is 3. The SMILES string of the molecule is O=C(NCc1ccco1)c1cccc(CSc2nnc(-c3ccco3)n2Cc2ccccc2)c1. The summed E-state index contributed by atoms with van der Waals surface area (Å²) in [7, 11) is 0. The first-order valence-corrected chi connectivity index (χ1v) is 11.8. The first-order valence-electron chi connectivity index (χ1n) is 10.8. The normalized spacial score (nSPS) is 10.9. The standard InChI is InChI=1S/C26H22N4O3S/c31-25(27-16-22-11-5-13-32-22)21-10-4-9-20(15-21)18-34-26-29-28-24(23-12-6-14-33-23)30(26)17-19-7-2-1-3-8-19/h1-15H,16-18H2,(H,27,31). The summed E-state index contributed by atoms with van der Waals surface area (Å²) in [5, 5.41) is 12.5. The van der Waals surface area contributed by atoms with Gasteiger partial charge in [-0.1, -0.05) is 54.2 Å². The minimum Gasteiger partial charge on any atom is -0.467 e. The Morgan fingerprint density at radius 2 is 1.71 bits per heavy atom. The first kappa shape index (κ1) is 21.8. The molecular weight excluding hydrogens is 448 g/mol. The number of carbonyl (C=O) groups is 1. The van der Waals surface area contributed by atoms with Crippen LogP contribution in [0.2, 0.25) is 0 Å². The van der Waals surface area contributed by atoms with Gasteiger partial charge in [-0.25, -0.2) is 0 Å². The fourth-order valence-corrected chi connectivity index (χ4v) is 4.41. The number of carbonyl (C=O) groups excluding carboxylic acids is 1. The smallest absolute Gasteiger partial charge is 0.251 e. The molecule has 3 aromatic heterocycles. The number of furan rings is 2. The van der Waals surface area contributed by atoms with E-state index in [9.17, 15) is 4.79 Å². The van der Waals surface area contributed by atoms with E-state index in [0.717, 1.165) is 16.3 Å². The van der Waals surface area contributed by atoms with Crippen molar-refractivity contribution in [1.29, 1.82) is 0 Å². The number of benzene rings is 2. The lowest BCUT2D eigenvalue weighted by Gasteiger charge is -2.10. The topological polar surface area (TPSA) is 86.1 Å². The summed E-state index contributed by atoms with van der Waals surface area (Å²) in [6.07, 6.45) is 3.22. The van der Waals surface area contributed by atoms with Crippen LogP contribution in [0.15, 0.2) is 105 Å². The Bertz CT molecular complexity index is 1350. The van der Waals surface area contributed by atoms with Crippen molar-refractivity contribution >= 4 is 17.7 Å². The van der Waals surface area contributed by atoms with Gasteiger partial charge >= 0.3 is 0 Å². The van der Waals surface area contributed by atoms with Crippen molar-refractivity contribution in [3.8, 4) is 11.6 Å². The lowest BCUT2D eigenvalue weighted by molar-refractivity contribution is 0.0948. The molecule has 0 fully saturated rings. The predicted molar refractivity (Wildman–Crippen MR) is 129 cm³/mol. The lowest BCUT2D eigenvalue weighted by Crippen LogP contribution is -2.22. The third-order valence-corrected chi connectivity index (χ3v) is 6.24. The summed E-state index contributed by atoms with van der Waals surface area (Å²) in [5.74, 6) is 2.57. The zero-order chi connectivity index (χ0) is 23.2. The van der Waals surface area contributed by atoms with Crippen LogP contribution < -0.4 is 5.32 Å². The molecule has 0 unspecified atom stereocenters. The molecule has 0 saturated heterocycles. The highest BCUT2D eigenvalue weighted by Gasteiger charge is 2.17. The van der Waals surface area contributed by atoms with Crippen molar-refractivity contribution in [1.82, 2.24) is 20.1 Å². The van der Waals surface area contributed by atoms with Crippen LogP contribution in [0.1, 0.15) is 27.2 Å². The number of nitrogens with one attached hydrogen (secondary N) is 1. The van der Waals surface area contributed by atoms with E-state index in [-0.39, 0.29) is 5.91 Å². The van der Waals surface area contributed by atoms with Gasteiger partial charge in [0, 0.05) is 11.3 Å². The molecule has 5 aromatic rings. The van der Waals surface area contributed by atoms with Gasteiger partial charge in [-0.3, -0.25) is 9.36 Å². The summed E-state index contributed by atoms with van der Waals surface area (Å²) in [4.78, 5) is 12.6. The number of hydrogen-bond acceptors (Lipinski definition) is 6. The van der Waals surface area contributed by atoms with Crippen LogP contribution in [-0.2, 0) is 18.8 Å². The summed E-state index contributed by atoms with van der Waals surface area (Å²) in [5.41, 5.74) is 2.77. The highest BCUT2D eigenvalue weighted by molar-refractivity contribution is 7.98. The van der Waals surface area contributed by atoms with Gasteiger partial charge in [-0.05, 0) is 47.5 Å². The third-order valence-electron chi connectivity index (χ3n) is 5.20.